The number of para-hydroxylation sites is 1. The van der Waals surface area contributed by atoms with Crippen LogP contribution < -0.4 is 9.80 Å². The molecule has 3 rings (SSSR count). The molecule has 2 aliphatic rings. The van der Waals surface area contributed by atoms with Crippen molar-refractivity contribution in [3.63, 3.8) is 0 Å². The molecular formula is C17H27N3O2+2. The van der Waals surface area contributed by atoms with Crippen LogP contribution in [0.15, 0.2) is 24.3 Å². The number of hydrogen-bond donors (Lipinski definition) is 2. The van der Waals surface area contributed by atoms with Gasteiger partial charge in [0.1, 0.15) is 32.7 Å². The van der Waals surface area contributed by atoms with Gasteiger partial charge in [0.05, 0.1) is 16.5 Å². The molecule has 0 radical (unpaired) electrons. The Morgan fingerprint density at radius 2 is 1.73 bits per heavy atom. The summed E-state index contributed by atoms with van der Waals surface area (Å²) in [6, 6.07) is 8.07. The monoisotopic (exact) mass is 305 g/mol. The molecule has 1 aromatic carbocycles. The van der Waals surface area contributed by atoms with Crippen LogP contribution in [-0.2, 0) is 6.54 Å². The summed E-state index contributed by atoms with van der Waals surface area (Å²) in [6.07, 6.45) is 7.02. The van der Waals surface area contributed by atoms with E-state index in [-0.39, 0.29) is 10.6 Å². The minimum atomic E-state index is -0.252. The number of benzene rings is 1. The quantitative estimate of drug-likeness (QED) is 0.617. The van der Waals surface area contributed by atoms with E-state index in [4.69, 9.17) is 0 Å². The van der Waals surface area contributed by atoms with Crippen LogP contribution in [0.5, 0.6) is 0 Å². The van der Waals surface area contributed by atoms with Crippen molar-refractivity contribution in [2.24, 2.45) is 0 Å². The second-order valence-electron chi connectivity index (χ2n) is 6.81. The summed E-state index contributed by atoms with van der Waals surface area (Å²) in [4.78, 5) is 14.1. The first-order chi connectivity index (χ1) is 10.7. The molecule has 1 heterocycles. The van der Waals surface area contributed by atoms with Gasteiger partial charge in [-0.3, -0.25) is 10.1 Å². The van der Waals surface area contributed by atoms with E-state index in [1.54, 1.807) is 17.0 Å². The molecule has 5 nitrogen and oxygen atoms in total. The topological polar surface area (TPSA) is 52.0 Å². The molecule has 1 aliphatic heterocycles. The van der Waals surface area contributed by atoms with Crippen molar-refractivity contribution in [1.82, 2.24) is 0 Å². The lowest BCUT2D eigenvalue weighted by Crippen LogP contribution is -3.29. The fourth-order valence-corrected chi connectivity index (χ4v) is 4.13. The number of nitrogens with one attached hydrogen (secondary N) is 2. The van der Waals surface area contributed by atoms with Gasteiger partial charge in [-0.15, -0.1) is 0 Å². The average molecular weight is 305 g/mol. The zero-order valence-corrected chi connectivity index (χ0v) is 13.2. The molecule has 0 spiro atoms. The van der Waals surface area contributed by atoms with Gasteiger partial charge in [0, 0.05) is 6.07 Å². The standard InChI is InChI=1S/C17H25N3O2/c21-20(22)17-9-5-4-6-15(17)14-18-10-12-19(13-11-18)16-7-2-1-3-8-16/h4-6,9,16H,1-3,7-8,10-14H2/p+2. The first-order valence-electron chi connectivity index (χ1n) is 8.64. The Kier molecular flexibility index (Phi) is 5.05. The van der Waals surface area contributed by atoms with Crippen LogP contribution in [-0.4, -0.2) is 37.1 Å². The number of piperazine rings is 1. The molecule has 5 heteroatoms. The summed E-state index contributed by atoms with van der Waals surface area (Å²) >= 11 is 0. The maximum atomic E-state index is 11.1. The van der Waals surface area contributed by atoms with E-state index < -0.39 is 0 Å². The smallest absolute Gasteiger partial charge is 0.278 e. The van der Waals surface area contributed by atoms with E-state index in [1.165, 1.54) is 50.1 Å². The molecule has 1 saturated carbocycles. The average Bonchev–Trinajstić information content (AvgIpc) is 2.57. The maximum absolute atomic E-state index is 11.1. The van der Waals surface area contributed by atoms with Crippen molar-refractivity contribution in [3.8, 4) is 0 Å². The van der Waals surface area contributed by atoms with Gasteiger partial charge in [-0.25, -0.2) is 0 Å². The fourth-order valence-electron chi connectivity index (χ4n) is 4.13. The van der Waals surface area contributed by atoms with Crippen LogP contribution in [0.25, 0.3) is 0 Å². The lowest BCUT2D eigenvalue weighted by molar-refractivity contribution is -1.03. The highest BCUT2D eigenvalue weighted by Gasteiger charge is 2.31. The van der Waals surface area contributed by atoms with E-state index in [2.05, 4.69) is 0 Å². The molecule has 0 bridgehead atoms. The number of nitro groups is 1. The van der Waals surface area contributed by atoms with Gasteiger partial charge in [0.15, 0.2) is 0 Å². The van der Waals surface area contributed by atoms with Crippen molar-refractivity contribution >= 4 is 5.69 Å². The van der Waals surface area contributed by atoms with Gasteiger partial charge in [-0.05, 0) is 31.7 Å². The minimum absolute atomic E-state index is 0.252. The SMILES string of the molecule is O=[N+]([O-])c1ccccc1C[NH+]1CC[NH+](C2CCCCC2)CC1. The molecule has 0 atom stereocenters. The largest absolute Gasteiger partial charge is 0.323 e. The predicted molar refractivity (Wildman–Crippen MR) is 85.1 cm³/mol. The summed E-state index contributed by atoms with van der Waals surface area (Å²) in [5, 5.41) is 11.1. The predicted octanol–water partition coefficient (Wildman–Crippen LogP) is 0.211. The summed E-state index contributed by atoms with van der Waals surface area (Å²) < 4.78 is 0. The zero-order chi connectivity index (χ0) is 15.4. The third-order valence-corrected chi connectivity index (χ3v) is 5.41. The Balaban J connectivity index is 1.55. The second-order valence-corrected chi connectivity index (χ2v) is 6.81. The van der Waals surface area contributed by atoms with Crippen molar-refractivity contribution in [2.45, 2.75) is 44.7 Å². The van der Waals surface area contributed by atoms with Crippen LogP contribution in [0.2, 0.25) is 0 Å². The molecule has 2 fully saturated rings. The number of hydrogen-bond acceptors (Lipinski definition) is 2. The maximum Gasteiger partial charge on any atom is 0.278 e. The molecule has 1 saturated heterocycles. The van der Waals surface area contributed by atoms with E-state index in [9.17, 15) is 10.1 Å². The Morgan fingerprint density at radius 3 is 2.41 bits per heavy atom. The van der Waals surface area contributed by atoms with Crippen molar-refractivity contribution in [2.75, 3.05) is 26.2 Å². The van der Waals surface area contributed by atoms with Gasteiger partial charge in [0.2, 0.25) is 0 Å². The van der Waals surface area contributed by atoms with Gasteiger partial charge < -0.3 is 9.80 Å². The first-order valence-corrected chi connectivity index (χ1v) is 8.64. The first kappa shape index (κ1) is 15.4. The fraction of sp³-hybridized carbons (Fsp3) is 0.647. The summed E-state index contributed by atoms with van der Waals surface area (Å²) in [5.41, 5.74) is 1.15. The number of nitrogens with zero attached hydrogens (tertiary/aromatic N) is 1. The minimum Gasteiger partial charge on any atom is -0.323 e. The molecule has 1 aromatic rings. The van der Waals surface area contributed by atoms with Gasteiger partial charge in [-0.1, -0.05) is 18.6 Å². The zero-order valence-electron chi connectivity index (χ0n) is 13.2. The second kappa shape index (κ2) is 7.20. The number of quaternary nitrogens is 2. The molecular weight excluding hydrogens is 278 g/mol. The highest BCUT2D eigenvalue weighted by Crippen LogP contribution is 2.17. The molecule has 120 valence electrons. The summed E-state index contributed by atoms with van der Waals surface area (Å²) in [5.74, 6) is 0. The Morgan fingerprint density at radius 1 is 1.05 bits per heavy atom. The Hall–Kier alpha value is -1.46. The van der Waals surface area contributed by atoms with Gasteiger partial charge >= 0.3 is 0 Å². The number of nitro benzene ring substituents is 1. The molecule has 0 aromatic heterocycles. The van der Waals surface area contributed by atoms with Crippen molar-refractivity contribution in [1.29, 1.82) is 0 Å². The molecule has 0 unspecified atom stereocenters. The normalized spacial score (nSPS) is 26.7. The van der Waals surface area contributed by atoms with Gasteiger partial charge in [-0.2, -0.15) is 0 Å². The summed E-state index contributed by atoms with van der Waals surface area (Å²) in [7, 11) is 0. The van der Waals surface area contributed by atoms with Crippen LogP contribution >= 0.6 is 0 Å². The lowest BCUT2D eigenvalue weighted by atomic mass is 9.94. The van der Waals surface area contributed by atoms with E-state index in [1.807, 2.05) is 12.1 Å². The van der Waals surface area contributed by atoms with Crippen LogP contribution in [0.4, 0.5) is 5.69 Å². The van der Waals surface area contributed by atoms with Crippen LogP contribution in [0.3, 0.4) is 0 Å². The molecule has 2 N–H and O–H groups in total. The summed E-state index contributed by atoms with van der Waals surface area (Å²) in [6.45, 7) is 5.51. The highest BCUT2D eigenvalue weighted by atomic mass is 16.6. The third kappa shape index (κ3) is 3.65. The molecule has 1 aliphatic carbocycles. The van der Waals surface area contributed by atoms with Crippen LogP contribution in [0, 0.1) is 10.1 Å². The third-order valence-electron chi connectivity index (χ3n) is 5.41. The lowest BCUT2D eigenvalue weighted by Gasteiger charge is -2.36. The molecule has 22 heavy (non-hydrogen) atoms. The van der Waals surface area contributed by atoms with Gasteiger partial charge in [0.25, 0.3) is 5.69 Å². The van der Waals surface area contributed by atoms with E-state index in [0.29, 0.717) is 0 Å². The van der Waals surface area contributed by atoms with Crippen molar-refractivity contribution < 1.29 is 14.7 Å². The van der Waals surface area contributed by atoms with E-state index >= 15 is 0 Å². The van der Waals surface area contributed by atoms with E-state index in [0.717, 1.165) is 31.2 Å². The van der Waals surface area contributed by atoms with Crippen molar-refractivity contribution in [3.05, 3.63) is 39.9 Å². The highest BCUT2D eigenvalue weighted by molar-refractivity contribution is 5.39. The number of rotatable bonds is 4. The Bertz CT molecular complexity index is 506. The van der Waals surface area contributed by atoms with Crippen LogP contribution in [0.1, 0.15) is 37.7 Å². The molecule has 0 amide bonds. The Labute approximate surface area is 132 Å².